The smallest absolute Gasteiger partial charge is 0.228 e. The highest BCUT2D eigenvalue weighted by Gasteiger charge is 2.11. The fraction of sp³-hybridized carbons (Fsp3) is 0.167. The predicted octanol–water partition coefficient (Wildman–Crippen LogP) is 3.01. The highest BCUT2D eigenvalue weighted by molar-refractivity contribution is 5.95. The number of anilines is 1. The Morgan fingerprint density at radius 2 is 2.12 bits per heavy atom. The lowest BCUT2D eigenvalue weighted by atomic mass is 10.1. The molecule has 0 saturated heterocycles. The van der Waals surface area contributed by atoms with Crippen molar-refractivity contribution in [2.24, 2.45) is 0 Å². The first-order valence-corrected chi connectivity index (χ1v) is 7.78. The Morgan fingerprint density at radius 1 is 1.29 bits per heavy atom. The van der Waals surface area contributed by atoms with Gasteiger partial charge in [-0.05, 0) is 37.1 Å². The standard InChI is InChI=1S/C18H17N5O/c1-11-7-14(10-23-18(11)20-12(2)22-23)21-17(24)8-13-9-19-16-6-4-3-5-15(13)16/h3-7,9-10,19H,8H2,1-2H3,(H,21,24). The van der Waals surface area contributed by atoms with Crippen molar-refractivity contribution >= 4 is 28.1 Å². The monoisotopic (exact) mass is 319 g/mol. The summed E-state index contributed by atoms with van der Waals surface area (Å²) in [7, 11) is 0. The van der Waals surface area contributed by atoms with Crippen molar-refractivity contribution in [1.29, 1.82) is 0 Å². The average molecular weight is 319 g/mol. The van der Waals surface area contributed by atoms with Crippen LogP contribution in [0.2, 0.25) is 0 Å². The van der Waals surface area contributed by atoms with Crippen LogP contribution in [0.25, 0.3) is 16.6 Å². The number of aryl methyl sites for hydroxylation is 2. The summed E-state index contributed by atoms with van der Waals surface area (Å²) < 4.78 is 1.70. The van der Waals surface area contributed by atoms with E-state index >= 15 is 0 Å². The van der Waals surface area contributed by atoms with E-state index in [0.29, 0.717) is 12.2 Å². The molecule has 0 bridgehead atoms. The number of hydrogen-bond donors (Lipinski definition) is 2. The van der Waals surface area contributed by atoms with Crippen LogP contribution in [0.5, 0.6) is 0 Å². The quantitative estimate of drug-likeness (QED) is 0.609. The second-order valence-corrected chi connectivity index (χ2v) is 5.92. The van der Waals surface area contributed by atoms with E-state index < -0.39 is 0 Å². The number of carbonyl (C=O) groups is 1. The number of benzene rings is 1. The Morgan fingerprint density at radius 3 is 3.00 bits per heavy atom. The molecule has 0 unspecified atom stereocenters. The Balaban J connectivity index is 1.58. The summed E-state index contributed by atoms with van der Waals surface area (Å²) in [6, 6.07) is 9.88. The van der Waals surface area contributed by atoms with E-state index in [4.69, 9.17) is 0 Å². The first-order chi connectivity index (χ1) is 11.6. The van der Waals surface area contributed by atoms with Gasteiger partial charge in [0.05, 0.1) is 18.3 Å². The van der Waals surface area contributed by atoms with Crippen molar-refractivity contribution in [3.8, 4) is 0 Å². The zero-order valence-corrected chi connectivity index (χ0v) is 13.5. The molecule has 0 aliphatic rings. The highest BCUT2D eigenvalue weighted by Crippen LogP contribution is 2.19. The van der Waals surface area contributed by atoms with Crippen LogP contribution in [0.4, 0.5) is 5.69 Å². The van der Waals surface area contributed by atoms with Gasteiger partial charge in [-0.25, -0.2) is 9.50 Å². The first kappa shape index (κ1) is 14.4. The summed E-state index contributed by atoms with van der Waals surface area (Å²) in [5.41, 5.74) is 4.52. The molecule has 0 radical (unpaired) electrons. The lowest BCUT2D eigenvalue weighted by Crippen LogP contribution is -2.15. The lowest BCUT2D eigenvalue weighted by molar-refractivity contribution is -0.115. The molecule has 0 fully saturated rings. The number of para-hydroxylation sites is 1. The van der Waals surface area contributed by atoms with Crippen molar-refractivity contribution in [1.82, 2.24) is 19.6 Å². The molecule has 4 rings (SSSR count). The minimum Gasteiger partial charge on any atom is -0.361 e. The number of aromatic nitrogens is 4. The summed E-state index contributed by atoms with van der Waals surface area (Å²) in [5.74, 6) is 0.649. The fourth-order valence-electron chi connectivity index (χ4n) is 2.98. The fourth-order valence-corrected chi connectivity index (χ4v) is 2.98. The van der Waals surface area contributed by atoms with E-state index in [1.54, 1.807) is 10.7 Å². The van der Waals surface area contributed by atoms with E-state index in [1.165, 1.54) is 0 Å². The Kier molecular flexibility index (Phi) is 3.30. The maximum atomic E-state index is 12.4. The number of amides is 1. The van der Waals surface area contributed by atoms with Crippen molar-refractivity contribution in [3.63, 3.8) is 0 Å². The third-order valence-electron chi connectivity index (χ3n) is 4.03. The van der Waals surface area contributed by atoms with Crippen LogP contribution >= 0.6 is 0 Å². The molecule has 0 saturated carbocycles. The topological polar surface area (TPSA) is 75.1 Å². The van der Waals surface area contributed by atoms with Crippen LogP contribution in [-0.4, -0.2) is 25.5 Å². The van der Waals surface area contributed by atoms with Crippen molar-refractivity contribution < 1.29 is 4.79 Å². The molecule has 3 heterocycles. The van der Waals surface area contributed by atoms with Gasteiger partial charge in [-0.15, -0.1) is 0 Å². The van der Waals surface area contributed by atoms with Gasteiger partial charge in [0.25, 0.3) is 0 Å². The molecular formula is C18H17N5O. The summed E-state index contributed by atoms with van der Waals surface area (Å²) in [5, 5.41) is 8.33. The third kappa shape index (κ3) is 2.52. The molecule has 0 aliphatic carbocycles. The largest absolute Gasteiger partial charge is 0.361 e. The molecule has 1 amide bonds. The molecule has 4 aromatic rings. The summed E-state index contributed by atoms with van der Waals surface area (Å²) in [6.07, 6.45) is 3.99. The molecule has 120 valence electrons. The molecule has 6 heteroatoms. The molecule has 0 aliphatic heterocycles. The van der Waals surface area contributed by atoms with Crippen LogP contribution in [0, 0.1) is 13.8 Å². The maximum absolute atomic E-state index is 12.4. The van der Waals surface area contributed by atoms with Gasteiger partial charge in [0.1, 0.15) is 5.82 Å². The zero-order chi connectivity index (χ0) is 16.7. The van der Waals surface area contributed by atoms with Gasteiger partial charge in [0, 0.05) is 17.1 Å². The summed E-state index contributed by atoms with van der Waals surface area (Å²) in [6.45, 7) is 3.81. The molecule has 6 nitrogen and oxygen atoms in total. The van der Waals surface area contributed by atoms with Crippen LogP contribution in [0.3, 0.4) is 0 Å². The number of aromatic amines is 1. The third-order valence-corrected chi connectivity index (χ3v) is 4.03. The Bertz CT molecular complexity index is 1060. The average Bonchev–Trinajstić information content (AvgIpc) is 3.11. The molecule has 1 aromatic carbocycles. The number of H-pyrrole nitrogens is 1. The molecule has 2 N–H and O–H groups in total. The molecule has 3 aromatic heterocycles. The van der Waals surface area contributed by atoms with Crippen LogP contribution in [-0.2, 0) is 11.2 Å². The van der Waals surface area contributed by atoms with Crippen LogP contribution in [0.1, 0.15) is 17.0 Å². The SMILES string of the molecule is Cc1nc2c(C)cc(NC(=O)Cc3c[nH]c4ccccc34)cn2n1. The van der Waals surface area contributed by atoms with E-state index in [-0.39, 0.29) is 5.91 Å². The van der Waals surface area contributed by atoms with E-state index in [1.807, 2.05) is 50.4 Å². The number of hydrogen-bond acceptors (Lipinski definition) is 3. The molecule has 24 heavy (non-hydrogen) atoms. The van der Waals surface area contributed by atoms with Crippen LogP contribution in [0.15, 0.2) is 42.7 Å². The number of nitrogens with zero attached hydrogens (tertiary/aromatic N) is 3. The minimum atomic E-state index is -0.0599. The predicted molar refractivity (Wildman–Crippen MR) is 93.1 cm³/mol. The second-order valence-electron chi connectivity index (χ2n) is 5.92. The van der Waals surface area contributed by atoms with Gasteiger partial charge >= 0.3 is 0 Å². The number of carbonyl (C=O) groups excluding carboxylic acids is 1. The minimum absolute atomic E-state index is 0.0599. The van der Waals surface area contributed by atoms with Gasteiger partial charge in [-0.2, -0.15) is 5.10 Å². The van der Waals surface area contributed by atoms with Gasteiger partial charge in [0.2, 0.25) is 5.91 Å². The molecule has 0 atom stereocenters. The van der Waals surface area contributed by atoms with Crippen LogP contribution < -0.4 is 5.32 Å². The summed E-state index contributed by atoms with van der Waals surface area (Å²) in [4.78, 5) is 20.0. The van der Waals surface area contributed by atoms with Gasteiger partial charge in [-0.3, -0.25) is 4.79 Å². The lowest BCUT2D eigenvalue weighted by Gasteiger charge is -2.07. The number of nitrogens with one attached hydrogen (secondary N) is 2. The van der Waals surface area contributed by atoms with E-state index in [0.717, 1.165) is 33.4 Å². The Labute approximate surface area is 138 Å². The molecular weight excluding hydrogens is 302 g/mol. The highest BCUT2D eigenvalue weighted by atomic mass is 16.1. The van der Waals surface area contributed by atoms with Crippen molar-refractivity contribution in [3.05, 3.63) is 59.7 Å². The molecule has 0 spiro atoms. The summed E-state index contributed by atoms with van der Waals surface area (Å²) >= 11 is 0. The second kappa shape index (κ2) is 5.49. The van der Waals surface area contributed by atoms with Gasteiger partial charge < -0.3 is 10.3 Å². The normalized spacial score (nSPS) is 11.2. The Hall–Kier alpha value is -3.15. The van der Waals surface area contributed by atoms with E-state index in [9.17, 15) is 4.79 Å². The zero-order valence-electron chi connectivity index (χ0n) is 13.5. The number of rotatable bonds is 3. The maximum Gasteiger partial charge on any atom is 0.228 e. The number of pyridine rings is 1. The van der Waals surface area contributed by atoms with Crippen molar-refractivity contribution in [2.45, 2.75) is 20.3 Å². The van der Waals surface area contributed by atoms with Gasteiger partial charge in [0.15, 0.2) is 5.65 Å². The first-order valence-electron chi connectivity index (χ1n) is 7.78. The number of fused-ring (bicyclic) bond motifs is 2. The van der Waals surface area contributed by atoms with E-state index in [2.05, 4.69) is 20.4 Å². The van der Waals surface area contributed by atoms with Gasteiger partial charge in [-0.1, -0.05) is 18.2 Å². The van der Waals surface area contributed by atoms with Crippen molar-refractivity contribution in [2.75, 3.05) is 5.32 Å².